The molecule has 1 aromatic carbocycles. The minimum absolute atomic E-state index is 0.0251. The van der Waals surface area contributed by atoms with Crippen molar-refractivity contribution in [3.63, 3.8) is 0 Å². The van der Waals surface area contributed by atoms with Crippen molar-refractivity contribution >= 4 is 11.5 Å². The zero-order chi connectivity index (χ0) is 20.2. The van der Waals surface area contributed by atoms with Crippen LogP contribution in [0.25, 0.3) is 5.57 Å². The Labute approximate surface area is 159 Å². The number of rotatable bonds is 5. The number of hydrogen-bond donors (Lipinski definition) is 1. The van der Waals surface area contributed by atoms with E-state index < -0.39 is 23.4 Å². The fourth-order valence-electron chi connectivity index (χ4n) is 3.59. The summed E-state index contributed by atoms with van der Waals surface area (Å²) in [6.45, 7) is 5.67. The van der Waals surface area contributed by atoms with Crippen LogP contribution < -0.4 is 4.74 Å². The van der Waals surface area contributed by atoms with Gasteiger partial charge >= 0.3 is 5.97 Å². The minimum Gasteiger partial charge on any atom is -0.497 e. The van der Waals surface area contributed by atoms with Gasteiger partial charge in [-0.15, -0.1) is 0 Å². The molecule has 0 amide bonds. The summed E-state index contributed by atoms with van der Waals surface area (Å²) in [7, 11) is 1.53. The quantitative estimate of drug-likeness (QED) is 0.801. The number of esters is 1. The molecule has 0 fully saturated rings. The molecule has 0 heterocycles. The maximum absolute atomic E-state index is 12.7. The monoisotopic (exact) mass is 368 g/mol. The summed E-state index contributed by atoms with van der Waals surface area (Å²) in [5.74, 6) is -0.391. The van der Waals surface area contributed by atoms with Crippen molar-refractivity contribution in [2.45, 2.75) is 33.3 Å². The van der Waals surface area contributed by atoms with Crippen LogP contribution in [0.2, 0.25) is 0 Å². The third-order valence-corrected chi connectivity index (χ3v) is 5.09. The first-order valence-electron chi connectivity index (χ1n) is 8.92. The Balaban J connectivity index is 2.80. The lowest BCUT2D eigenvalue weighted by molar-refractivity contribution is -0.139. The van der Waals surface area contributed by atoms with Gasteiger partial charge in [0.1, 0.15) is 5.75 Å². The minimum atomic E-state index is -1.86. The number of carbonyl (C=O) groups excluding carboxylic acids is 1. The molecule has 6 nitrogen and oxygen atoms in total. The number of benzene rings is 1. The first kappa shape index (κ1) is 20.5. The number of carbonyl (C=O) groups is 1. The van der Waals surface area contributed by atoms with E-state index in [1.807, 2.05) is 26.0 Å². The molecule has 2 rings (SSSR count). The van der Waals surface area contributed by atoms with Gasteiger partial charge in [0.05, 0.1) is 32.0 Å². The zero-order valence-electron chi connectivity index (χ0n) is 16.0. The molecule has 6 heteroatoms. The first-order valence-corrected chi connectivity index (χ1v) is 8.92. The molecule has 0 saturated carbocycles. The van der Waals surface area contributed by atoms with Crippen molar-refractivity contribution in [1.29, 1.82) is 10.5 Å². The number of nitrogens with zero attached hydrogens (tertiary/aromatic N) is 2. The van der Waals surface area contributed by atoms with E-state index in [-0.39, 0.29) is 30.1 Å². The van der Waals surface area contributed by atoms with Crippen molar-refractivity contribution in [1.82, 2.24) is 0 Å². The Morgan fingerprint density at radius 2 is 1.89 bits per heavy atom. The van der Waals surface area contributed by atoms with Crippen LogP contribution in [0.5, 0.6) is 5.75 Å². The predicted octanol–water partition coefficient (Wildman–Crippen LogP) is 3.08. The molecule has 1 aliphatic carbocycles. The van der Waals surface area contributed by atoms with E-state index in [4.69, 9.17) is 9.47 Å². The number of hydrogen-bond acceptors (Lipinski definition) is 6. The Bertz CT molecular complexity index is 798. The number of ether oxygens (including phenoxy) is 2. The van der Waals surface area contributed by atoms with Gasteiger partial charge in [-0.2, -0.15) is 10.5 Å². The molecule has 0 saturated heterocycles. The van der Waals surface area contributed by atoms with Gasteiger partial charge in [0.25, 0.3) is 0 Å². The lowest BCUT2D eigenvalue weighted by Gasteiger charge is -2.41. The van der Waals surface area contributed by atoms with E-state index in [1.54, 1.807) is 31.2 Å². The highest BCUT2D eigenvalue weighted by Crippen LogP contribution is 2.50. The average Bonchev–Trinajstić information content (AvgIpc) is 2.67. The summed E-state index contributed by atoms with van der Waals surface area (Å²) in [5.41, 5.74) is -0.848. The highest BCUT2D eigenvalue weighted by Gasteiger charge is 2.53. The van der Waals surface area contributed by atoms with Crippen LogP contribution in [-0.2, 0) is 9.53 Å². The second-order valence-corrected chi connectivity index (χ2v) is 6.89. The van der Waals surface area contributed by atoms with Gasteiger partial charge in [0.15, 0.2) is 5.41 Å². The molecule has 0 aromatic heterocycles. The lowest BCUT2D eigenvalue weighted by atomic mass is 9.61. The molecule has 2 atom stereocenters. The van der Waals surface area contributed by atoms with Gasteiger partial charge in [-0.1, -0.05) is 26.0 Å². The SMILES string of the molecule is CCOC(=O)C1=C(c2ccc(OC)cc2)C(C#N)(C#N)[C@@H](O)[C@H](C(C)C)C1. The number of nitriles is 2. The van der Waals surface area contributed by atoms with Gasteiger partial charge in [0.2, 0.25) is 0 Å². The second-order valence-electron chi connectivity index (χ2n) is 6.89. The average molecular weight is 368 g/mol. The molecule has 0 radical (unpaired) electrons. The van der Waals surface area contributed by atoms with Crippen LogP contribution >= 0.6 is 0 Å². The van der Waals surface area contributed by atoms with Crippen molar-refractivity contribution in [3.05, 3.63) is 35.4 Å². The summed E-state index contributed by atoms with van der Waals surface area (Å²) in [4.78, 5) is 12.7. The fourth-order valence-corrected chi connectivity index (χ4v) is 3.59. The molecule has 0 bridgehead atoms. The largest absolute Gasteiger partial charge is 0.497 e. The molecule has 1 aromatic rings. The molecular formula is C21H24N2O4. The van der Waals surface area contributed by atoms with Crippen molar-refractivity contribution in [3.8, 4) is 17.9 Å². The number of aliphatic hydroxyl groups is 1. The van der Waals surface area contributed by atoms with Crippen LogP contribution in [0.4, 0.5) is 0 Å². The molecule has 27 heavy (non-hydrogen) atoms. The molecule has 142 valence electrons. The summed E-state index contributed by atoms with van der Waals surface area (Å²) >= 11 is 0. The first-order chi connectivity index (χ1) is 12.9. The van der Waals surface area contributed by atoms with E-state index >= 15 is 0 Å². The van der Waals surface area contributed by atoms with Gasteiger partial charge in [0, 0.05) is 11.1 Å². The molecule has 0 spiro atoms. The summed E-state index contributed by atoms with van der Waals surface area (Å²) < 4.78 is 10.4. The standard InChI is InChI=1S/C21H24N2O4/c1-5-27-20(25)17-10-16(13(2)3)19(24)21(11-22,12-23)18(17)14-6-8-15(26-4)9-7-14/h6-9,13,16,19,24H,5,10H2,1-4H3/t16-,19-/m0/s1. The van der Waals surface area contributed by atoms with Crippen LogP contribution in [0.3, 0.4) is 0 Å². The van der Waals surface area contributed by atoms with E-state index in [1.165, 1.54) is 7.11 Å². The van der Waals surface area contributed by atoms with Crippen LogP contribution in [-0.4, -0.2) is 30.9 Å². The topological polar surface area (TPSA) is 103 Å². The molecule has 0 unspecified atom stereocenters. The van der Waals surface area contributed by atoms with E-state index in [0.29, 0.717) is 11.3 Å². The molecule has 1 N–H and O–H groups in total. The molecule has 1 aliphatic rings. The fraction of sp³-hybridized carbons (Fsp3) is 0.476. The smallest absolute Gasteiger partial charge is 0.334 e. The van der Waals surface area contributed by atoms with Crippen LogP contribution in [0.15, 0.2) is 29.8 Å². The van der Waals surface area contributed by atoms with E-state index in [2.05, 4.69) is 0 Å². The van der Waals surface area contributed by atoms with Gasteiger partial charge in [-0.3, -0.25) is 0 Å². The Hall–Kier alpha value is -2.83. The lowest BCUT2D eigenvalue weighted by Crippen LogP contribution is -2.46. The maximum Gasteiger partial charge on any atom is 0.334 e. The van der Waals surface area contributed by atoms with Gasteiger partial charge in [-0.05, 0) is 42.9 Å². The summed E-state index contributed by atoms with van der Waals surface area (Å²) in [5, 5.41) is 30.8. The van der Waals surface area contributed by atoms with Crippen molar-refractivity contribution < 1.29 is 19.4 Å². The van der Waals surface area contributed by atoms with Gasteiger partial charge < -0.3 is 14.6 Å². The molecular weight excluding hydrogens is 344 g/mol. The van der Waals surface area contributed by atoms with Crippen molar-refractivity contribution in [2.75, 3.05) is 13.7 Å². The summed E-state index contributed by atoms with van der Waals surface area (Å²) in [6, 6.07) is 10.7. The van der Waals surface area contributed by atoms with Crippen LogP contribution in [0.1, 0.15) is 32.8 Å². The normalized spacial score (nSPS) is 21.3. The third-order valence-electron chi connectivity index (χ3n) is 5.09. The highest BCUT2D eigenvalue weighted by atomic mass is 16.5. The second kappa shape index (κ2) is 8.24. The number of methoxy groups -OCH3 is 1. The van der Waals surface area contributed by atoms with Gasteiger partial charge in [-0.25, -0.2) is 4.79 Å². The predicted molar refractivity (Wildman–Crippen MR) is 99.2 cm³/mol. The third kappa shape index (κ3) is 3.54. The Morgan fingerprint density at radius 3 is 2.33 bits per heavy atom. The Kier molecular flexibility index (Phi) is 6.25. The van der Waals surface area contributed by atoms with E-state index in [0.717, 1.165) is 0 Å². The zero-order valence-corrected chi connectivity index (χ0v) is 16.0. The maximum atomic E-state index is 12.7. The summed E-state index contributed by atoms with van der Waals surface area (Å²) in [6.07, 6.45) is -0.979. The van der Waals surface area contributed by atoms with E-state index in [9.17, 15) is 20.4 Å². The number of aliphatic hydroxyl groups excluding tert-OH is 1. The Morgan fingerprint density at radius 1 is 1.30 bits per heavy atom. The van der Waals surface area contributed by atoms with Crippen molar-refractivity contribution in [2.24, 2.45) is 17.3 Å². The highest BCUT2D eigenvalue weighted by molar-refractivity contribution is 6.01. The molecule has 0 aliphatic heterocycles. The van der Waals surface area contributed by atoms with Crippen LogP contribution in [0, 0.1) is 39.9 Å².